The molecule has 7 nitrogen and oxygen atoms in total. The zero-order valence-corrected chi connectivity index (χ0v) is 17.2. The molecule has 2 aromatic rings. The molecular formula is C19H28N4O3S. The number of hydrogen-bond acceptors (Lipinski definition) is 5. The van der Waals surface area contributed by atoms with Crippen LogP contribution in [0.5, 0.6) is 0 Å². The average Bonchev–Trinajstić information content (AvgIpc) is 3.38. The van der Waals surface area contributed by atoms with Crippen molar-refractivity contribution in [3.63, 3.8) is 0 Å². The second kappa shape index (κ2) is 7.05. The molecule has 1 aliphatic carbocycles. The van der Waals surface area contributed by atoms with Crippen molar-refractivity contribution in [1.29, 1.82) is 0 Å². The van der Waals surface area contributed by atoms with Gasteiger partial charge in [-0.25, -0.2) is 8.42 Å². The van der Waals surface area contributed by atoms with Gasteiger partial charge in [0.25, 0.3) is 5.89 Å². The van der Waals surface area contributed by atoms with Crippen molar-refractivity contribution >= 4 is 10.0 Å². The molecule has 1 saturated heterocycles. The third-order valence-electron chi connectivity index (χ3n) is 5.80. The van der Waals surface area contributed by atoms with E-state index in [1.54, 1.807) is 4.31 Å². The summed E-state index contributed by atoms with van der Waals surface area (Å²) >= 11 is 0. The van der Waals surface area contributed by atoms with Crippen LogP contribution in [-0.2, 0) is 16.6 Å². The first-order chi connectivity index (χ1) is 12.9. The van der Waals surface area contributed by atoms with E-state index < -0.39 is 10.0 Å². The third-order valence-corrected chi connectivity index (χ3v) is 7.86. The molecule has 0 aromatic carbocycles. The Labute approximate surface area is 160 Å². The molecule has 0 bridgehead atoms. The second-order valence-electron chi connectivity index (χ2n) is 7.67. The molecular weight excluding hydrogens is 364 g/mol. The maximum Gasteiger partial charge on any atom is 0.261 e. The van der Waals surface area contributed by atoms with Crippen molar-refractivity contribution in [3.05, 3.63) is 17.2 Å². The van der Waals surface area contributed by atoms with Gasteiger partial charge in [-0.3, -0.25) is 0 Å². The van der Waals surface area contributed by atoms with E-state index in [9.17, 15) is 8.42 Å². The van der Waals surface area contributed by atoms with Gasteiger partial charge in [-0.2, -0.15) is 9.29 Å². The van der Waals surface area contributed by atoms with Gasteiger partial charge in [-0.15, -0.1) is 0 Å². The fourth-order valence-electron chi connectivity index (χ4n) is 4.15. The molecule has 3 heterocycles. The molecule has 1 aliphatic heterocycles. The Bertz CT molecular complexity index is 933. The van der Waals surface area contributed by atoms with Crippen LogP contribution in [0.4, 0.5) is 0 Å². The van der Waals surface area contributed by atoms with Gasteiger partial charge in [-0.05, 0) is 46.5 Å². The number of rotatable bonds is 5. The first-order valence-electron chi connectivity index (χ1n) is 9.99. The lowest BCUT2D eigenvalue weighted by molar-refractivity contribution is 0.417. The van der Waals surface area contributed by atoms with E-state index in [0.717, 1.165) is 49.9 Å². The summed E-state index contributed by atoms with van der Waals surface area (Å²) in [5.41, 5.74) is 2.20. The molecule has 0 radical (unpaired) electrons. The van der Waals surface area contributed by atoms with Gasteiger partial charge in [0.15, 0.2) is 5.82 Å². The Hall–Kier alpha value is -1.67. The predicted octanol–water partition coefficient (Wildman–Crippen LogP) is 3.62. The van der Waals surface area contributed by atoms with Gasteiger partial charge < -0.3 is 9.09 Å². The van der Waals surface area contributed by atoms with Gasteiger partial charge in [0.2, 0.25) is 10.0 Å². The quantitative estimate of drug-likeness (QED) is 0.776. The number of sulfonamides is 1. The van der Waals surface area contributed by atoms with Crippen molar-refractivity contribution in [2.75, 3.05) is 13.1 Å². The molecule has 0 atom stereocenters. The lowest BCUT2D eigenvalue weighted by Gasteiger charge is -2.20. The van der Waals surface area contributed by atoms with Crippen LogP contribution in [0.3, 0.4) is 0 Å². The van der Waals surface area contributed by atoms with Gasteiger partial charge >= 0.3 is 0 Å². The molecule has 8 heteroatoms. The van der Waals surface area contributed by atoms with Crippen molar-refractivity contribution in [2.24, 2.45) is 0 Å². The monoisotopic (exact) mass is 392 g/mol. The molecule has 2 aromatic heterocycles. The van der Waals surface area contributed by atoms with E-state index in [-0.39, 0.29) is 0 Å². The Morgan fingerprint density at radius 2 is 1.74 bits per heavy atom. The second-order valence-corrected chi connectivity index (χ2v) is 9.54. The lowest BCUT2D eigenvalue weighted by Crippen LogP contribution is -2.32. The van der Waals surface area contributed by atoms with Gasteiger partial charge in [0.1, 0.15) is 4.90 Å². The van der Waals surface area contributed by atoms with Crippen LogP contribution in [0.2, 0.25) is 0 Å². The zero-order valence-electron chi connectivity index (χ0n) is 16.4. The normalized spacial score (nSPS) is 19.4. The van der Waals surface area contributed by atoms with E-state index in [2.05, 4.69) is 10.1 Å². The predicted molar refractivity (Wildman–Crippen MR) is 102 cm³/mol. The Morgan fingerprint density at radius 1 is 1.07 bits per heavy atom. The van der Waals surface area contributed by atoms with Crippen molar-refractivity contribution in [2.45, 2.75) is 76.7 Å². The molecule has 2 fully saturated rings. The summed E-state index contributed by atoms with van der Waals surface area (Å²) in [5, 5.41) is 4.11. The van der Waals surface area contributed by atoms with Crippen molar-refractivity contribution in [1.82, 2.24) is 19.0 Å². The summed E-state index contributed by atoms with van der Waals surface area (Å²) in [5.74, 6) is 1.39. The number of nitrogens with zero attached hydrogens (tertiary/aromatic N) is 4. The van der Waals surface area contributed by atoms with E-state index in [4.69, 9.17) is 4.52 Å². The van der Waals surface area contributed by atoms with Crippen LogP contribution in [0.25, 0.3) is 11.5 Å². The molecule has 27 heavy (non-hydrogen) atoms. The van der Waals surface area contributed by atoms with E-state index >= 15 is 0 Å². The molecule has 0 N–H and O–H groups in total. The largest absolute Gasteiger partial charge is 0.347 e. The Balaban J connectivity index is 1.85. The summed E-state index contributed by atoms with van der Waals surface area (Å²) in [6.07, 6.45) is 6.14. The summed E-state index contributed by atoms with van der Waals surface area (Å²) in [6, 6.07) is 0. The maximum absolute atomic E-state index is 13.6. The average molecular weight is 393 g/mol. The molecule has 0 spiro atoms. The zero-order chi connectivity index (χ0) is 19.2. The fraction of sp³-hybridized carbons (Fsp3) is 0.684. The minimum atomic E-state index is -3.62. The standard InChI is InChI=1S/C19H28N4O3S/c1-4-23-13(2)16(19-20-18(21-26-19)15-9-10-15)17(14(23)3)27(24,25)22-11-7-5-6-8-12-22/h15H,4-12H2,1-3H3. The minimum Gasteiger partial charge on any atom is -0.347 e. The molecule has 4 rings (SSSR count). The van der Waals surface area contributed by atoms with E-state index in [1.807, 2.05) is 25.3 Å². The number of aromatic nitrogens is 3. The highest BCUT2D eigenvalue weighted by molar-refractivity contribution is 7.89. The smallest absolute Gasteiger partial charge is 0.261 e. The number of hydrogen-bond donors (Lipinski definition) is 0. The van der Waals surface area contributed by atoms with Crippen LogP contribution in [0.15, 0.2) is 9.42 Å². The van der Waals surface area contributed by atoms with Crippen LogP contribution in [0, 0.1) is 13.8 Å². The highest BCUT2D eigenvalue weighted by Gasteiger charge is 2.36. The Kier molecular flexibility index (Phi) is 4.88. The van der Waals surface area contributed by atoms with Crippen molar-refractivity contribution in [3.8, 4) is 11.5 Å². The summed E-state index contributed by atoms with van der Waals surface area (Å²) < 4.78 is 36.4. The first-order valence-corrected chi connectivity index (χ1v) is 11.4. The Morgan fingerprint density at radius 3 is 2.33 bits per heavy atom. The van der Waals surface area contributed by atoms with E-state index in [0.29, 0.717) is 47.7 Å². The molecule has 0 unspecified atom stereocenters. The van der Waals surface area contributed by atoms with Crippen LogP contribution < -0.4 is 0 Å². The topological polar surface area (TPSA) is 81.2 Å². The van der Waals surface area contributed by atoms with Crippen LogP contribution in [-0.4, -0.2) is 40.5 Å². The summed E-state index contributed by atoms with van der Waals surface area (Å²) in [7, 11) is -3.62. The van der Waals surface area contributed by atoms with Gasteiger partial charge in [-0.1, -0.05) is 18.0 Å². The fourth-order valence-corrected chi connectivity index (χ4v) is 6.12. The van der Waals surface area contributed by atoms with E-state index in [1.165, 1.54) is 0 Å². The molecule has 2 aliphatic rings. The third kappa shape index (κ3) is 3.23. The highest BCUT2D eigenvalue weighted by atomic mass is 32.2. The van der Waals surface area contributed by atoms with Crippen LogP contribution >= 0.6 is 0 Å². The maximum atomic E-state index is 13.6. The highest BCUT2D eigenvalue weighted by Crippen LogP contribution is 2.41. The molecule has 148 valence electrons. The van der Waals surface area contributed by atoms with Crippen LogP contribution in [0.1, 0.15) is 68.6 Å². The van der Waals surface area contributed by atoms with Gasteiger partial charge in [0.05, 0.1) is 5.56 Å². The lowest BCUT2D eigenvalue weighted by atomic mass is 10.2. The van der Waals surface area contributed by atoms with Crippen molar-refractivity contribution < 1.29 is 12.9 Å². The molecule has 1 saturated carbocycles. The summed E-state index contributed by atoms with van der Waals surface area (Å²) in [4.78, 5) is 4.90. The molecule has 0 amide bonds. The minimum absolute atomic E-state index is 0.332. The summed E-state index contributed by atoms with van der Waals surface area (Å²) in [6.45, 7) is 7.69. The van der Waals surface area contributed by atoms with Gasteiger partial charge in [0, 0.05) is 36.9 Å². The first kappa shape index (κ1) is 18.7. The SMILES string of the molecule is CCn1c(C)c(-c2nc(C3CC3)no2)c(S(=O)(=O)N2CCCCCC2)c1C.